The van der Waals surface area contributed by atoms with Crippen molar-refractivity contribution in [3.05, 3.63) is 11.6 Å². The van der Waals surface area contributed by atoms with Crippen molar-refractivity contribution in [2.45, 2.75) is 83.3 Å². The normalized spacial score (nSPS) is 58.5. The first-order valence-corrected chi connectivity index (χ1v) is 10.3. The molecular weight excluding hydrogens is 347 g/mol. The molecule has 0 amide bonds. The van der Waals surface area contributed by atoms with Crippen LogP contribution in [0.4, 0.5) is 4.39 Å². The number of fused-ring (bicyclic) bond motifs is 3. The maximum Gasteiger partial charge on any atom is 0.162 e. The van der Waals surface area contributed by atoms with Crippen LogP contribution in [0, 0.1) is 28.6 Å². The summed E-state index contributed by atoms with van der Waals surface area (Å²) in [5, 5.41) is 11.5. The van der Waals surface area contributed by atoms with Crippen molar-refractivity contribution in [1.82, 2.24) is 0 Å². The van der Waals surface area contributed by atoms with Crippen LogP contribution >= 0.6 is 0 Å². The van der Waals surface area contributed by atoms with E-state index in [0.29, 0.717) is 31.3 Å². The maximum absolute atomic E-state index is 15.3. The van der Waals surface area contributed by atoms with Gasteiger partial charge in [-0.25, -0.2) is 4.39 Å². The van der Waals surface area contributed by atoms with Gasteiger partial charge in [0.2, 0.25) is 0 Å². The first-order chi connectivity index (χ1) is 12.5. The van der Waals surface area contributed by atoms with Gasteiger partial charge in [-0.05, 0) is 62.0 Å². The highest BCUT2D eigenvalue weighted by molar-refractivity contribution is 5.92. The SMILES string of the molecule is CC(=O)[C@@]1(O)[C@H](C)C[C@H]2[C@@H]3C[C@H](F)C4=CC(=O)CC[C@]4(C)[C@@]34O[C@H]4C[C@@]21C. The molecule has 1 saturated heterocycles. The second-order valence-corrected chi connectivity index (χ2v) is 10.3. The molecule has 0 aromatic heterocycles. The Kier molecular flexibility index (Phi) is 3.27. The summed E-state index contributed by atoms with van der Waals surface area (Å²) in [5.41, 5.74) is -2.24. The first kappa shape index (κ1) is 18.0. The van der Waals surface area contributed by atoms with Crippen LogP contribution in [0.5, 0.6) is 0 Å². The molecule has 148 valence electrons. The number of alkyl halides is 1. The minimum atomic E-state index is -1.37. The Morgan fingerprint density at radius 2 is 2.00 bits per heavy atom. The quantitative estimate of drug-likeness (QED) is 0.714. The van der Waals surface area contributed by atoms with Gasteiger partial charge in [-0.3, -0.25) is 9.59 Å². The van der Waals surface area contributed by atoms with E-state index < -0.39 is 28.2 Å². The molecule has 0 aromatic rings. The summed E-state index contributed by atoms with van der Waals surface area (Å²) in [7, 11) is 0. The molecule has 5 heteroatoms. The van der Waals surface area contributed by atoms with Gasteiger partial charge in [0.1, 0.15) is 17.4 Å². The number of ketones is 2. The summed E-state index contributed by atoms with van der Waals surface area (Å²) in [6.45, 7) is 7.52. The van der Waals surface area contributed by atoms with Crippen LogP contribution in [-0.4, -0.2) is 40.2 Å². The van der Waals surface area contributed by atoms with Crippen molar-refractivity contribution in [2.75, 3.05) is 0 Å². The van der Waals surface area contributed by atoms with Gasteiger partial charge in [0.05, 0.1) is 6.10 Å². The number of epoxide rings is 1. The summed E-state index contributed by atoms with van der Waals surface area (Å²) in [4.78, 5) is 24.5. The highest BCUT2D eigenvalue weighted by atomic mass is 19.1. The molecule has 9 atom stereocenters. The smallest absolute Gasteiger partial charge is 0.162 e. The molecule has 5 aliphatic rings. The van der Waals surface area contributed by atoms with E-state index in [1.807, 2.05) is 13.8 Å². The molecule has 4 aliphatic carbocycles. The topological polar surface area (TPSA) is 66.9 Å². The van der Waals surface area contributed by atoms with E-state index in [1.165, 1.54) is 13.0 Å². The average molecular weight is 376 g/mol. The summed E-state index contributed by atoms with van der Waals surface area (Å²) < 4.78 is 21.7. The molecule has 1 heterocycles. The van der Waals surface area contributed by atoms with Crippen LogP contribution in [-0.2, 0) is 14.3 Å². The lowest BCUT2D eigenvalue weighted by atomic mass is 9.45. The third kappa shape index (κ3) is 1.73. The lowest BCUT2D eigenvalue weighted by Crippen LogP contribution is -2.63. The number of carbonyl (C=O) groups excluding carboxylic acids is 2. The van der Waals surface area contributed by atoms with Crippen LogP contribution in [0.3, 0.4) is 0 Å². The van der Waals surface area contributed by atoms with Crippen molar-refractivity contribution in [1.29, 1.82) is 0 Å². The van der Waals surface area contributed by atoms with Gasteiger partial charge in [0, 0.05) is 17.3 Å². The average Bonchev–Trinajstić information content (AvgIpc) is 3.27. The minimum Gasteiger partial charge on any atom is -0.381 e. The second kappa shape index (κ2) is 4.91. The molecule has 1 spiro atoms. The molecule has 5 rings (SSSR count). The monoisotopic (exact) mass is 376 g/mol. The van der Waals surface area contributed by atoms with Crippen molar-refractivity contribution in [3.8, 4) is 0 Å². The van der Waals surface area contributed by atoms with Crippen molar-refractivity contribution >= 4 is 11.6 Å². The van der Waals surface area contributed by atoms with Gasteiger partial charge in [0.25, 0.3) is 0 Å². The number of Topliss-reactive ketones (excluding diaryl/α,β-unsaturated/α-hetero) is 1. The molecule has 0 radical (unpaired) electrons. The number of hydrogen-bond acceptors (Lipinski definition) is 4. The minimum absolute atomic E-state index is 0.0123. The predicted octanol–water partition coefficient (Wildman–Crippen LogP) is 3.16. The number of halogens is 1. The Balaban J connectivity index is 1.63. The molecular formula is C22H29FO4. The van der Waals surface area contributed by atoms with Gasteiger partial charge in [-0.1, -0.05) is 20.8 Å². The first-order valence-electron chi connectivity index (χ1n) is 10.3. The molecule has 0 unspecified atom stereocenters. The zero-order valence-corrected chi connectivity index (χ0v) is 16.5. The molecule has 4 nitrogen and oxygen atoms in total. The lowest BCUT2D eigenvalue weighted by Gasteiger charge is -2.57. The zero-order chi connectivity index (χ0) is 19.6. The predicted molar refractivity (Wildman–Crippen MR) is 96.7 cm³/mol. The molecule has 1 N–H and O–H groups in total. The van der Waals surface area contributed by atoms with E-state index in [2.05, 4.69) is 6.92 Å². The molecule has 0 aromatic carbocycles. The summed E-state index contributed by atoms with van der Waals surface area (Å²) in [6, 6.07) is 0. The van der Waals surface area contributed by atoms with Crippen LogP contribution in [0.15, 0.2) is 11.6 Å². The molecule has 1 aliphatic heterocycles. The number of hydrogen-bond donors (Lipinski definition) is 1. The Labute approximate surface area is 159 Å². The van der Waals surface area contributed by atoms with E-state index in [-0.39, 0.29) is 35.4 Å². The lowest BCUT2D eigenvalue weighted by molar-refractivity contribution is -0.162. The summed E-state index contributed by atoms with van der Waals surface area (Å²) in [5.74, 6) is -0.291. The van der Waals surface area contributed by atoms with Crippen LogP contribution in [0.2, 0.25) is 0 Å². The van der Waals surface area contributed by atoms with Gasteiger partial charge in [-0.2, -0.15) is 0 Å². The highest BCUT2D eigenvalue weighted by Gasteiger charge is 2.82. The third-order valence-electron chi connectivity index (χ3n) is 9.44. The zero-order valence-electron chi connectivity index (χ0n) is 16.5. The van der Waals surface area contributed by atoms with Crippen LogP contribution < -0.4 is 0 Å². The fraction of sp³-hybridized carbons (Fsp3) is 0.818. The van der Waals surface area contributed by atoms with Gasteiger partial charge in [0.15, 0.2) is 11.6 Å². The van der Waals surface area contributed by atoms with Gasteiger partial charge >= 0.3 is 0 Å². The number of carbonyl (C=O) groups is 2. The van der Waals surface area contributed by atoms with E-state index >= 15 is 4.39 Å². The fourth-order valence-electron chi connectivity index (χ4n) is 8.09. The maximum atomic E-state index is 15.3. The van der Waals surface area contributed by atoms with Gasteiger partial charge in [-0.15, -0.1) is 0 Å². The van der Waals surface area contributed by atoms with Crippen molar-refractivity contribution in [2.24, 2.45) is 28.6 Å². The Morgan fingerprint density at radius 1 is 1.30 bits per heavy atom. The summed E-state index contributed by atoms with van der Waals surface area (Å²) >= 11 is 0. The molecule has 4 fully saturated rings. The number of ether oxygens (including phenoxy) is 1. The number of rotatable bonds is 1. The molecule has 27 heavy (non-hydrogen) atoms. The third-order valence-corrected chi connectivity index (χ3v) is 9.44. The summed E-state index contributed by atoms with van der Waals surface area (Å²) in [6.07, 6.45) is 3.05. The Bertz CT molecular complexity index is 791. The van der Waals surface area contributed by atoms with Crippen molar-refractivity contribution in [3.63, 3.8) is 0 Å². The molecule has 0 bridgehead atoms. The van der Waals surface area contributed by atoms with Crippen LogP contribution in [0.1, 0.15) is 59.8 Å². The second-order valence-electron chi connectivity index (χ2n) is 10.3. The standard InChI is InChI=1S/C22H29FO4/c1-11-7-14-15-9-17(23)16-8-13(25)5-6-19(16,3)22(15)18(27-22)10-20(14,4)21(11,26)12(2)24/h8,11,14-15,17-18,26H,5-7,9-10H2,1-4H3/t11-,14+,15+,17+,18+,19+,20+,21+,22-/m1/s1. The van der Waals surface area contributed by atoms with Crippen LogP contribution in [0.25, 0.3) is 0 Å². The largest absolute Gasteiger partial charge is 0.381 e. The number of aliphatic hydroxyl groups is 1. The van der Waals surface area contributed by atoms with Gasteiger partial charge < -0.3 is 9.84 Å². The van der Waals surface area contributed by atoms with E-state index in [9.17, 15) is 14.7 Å². The Morgan fingerprint density at radius 3 is 2.67 bits per heavy atom. The fourth-order valence-corrected chi connectivity index (χ4v) is 8.09. The highest BCUT2D eigenvalue weighted by Crippen LogP contribution is 2.77. The van der Waals surface area contributed by atoms with E-state index in [0.717, 1.165) is 6.42 Å². The Hall–Kier alpha value is -1.07. The van der Waals surface area contributed by atoms with E-state index in [1.54, 1.807) is 0 Å². The van der Waals surface area contributed by atoms with E-state index in [4.69, 9.17) is 4.74 Å². The molecule has 3 saturated carbocycles. The van der Waals surface area contributed by atoms with Crippen molar-refractivity contribution < 1.29 is 23.8 Å².